The SMILES string of the molecule is C#CCCC1(CCC(=O)N2CCC(c3ccc(=O)[nH]n3)C2)N=N1. The predicted molar refractivity (Wildman–Crippen MR) is 83.7 cm³/mol. The number of aromatic nitrogens is 2. The Bertz CT molecular complexity index is 691. The van der Waals surface area contributed by atoms with E-state index in [-0.39, 0.29) is 17.4 Å². The van der Waals surface area contributed by atoms with Crippen molar-refractivity contribution < 1.29 is 4.79 Å². The quantitative estimate of drug-likeness (QED) is 0.806. The van der Waals surface area contributed by atoms with Crippen LogP contribution >= 0.6 is 0 Å². The van der Waals surface area contributed by atoms with Crippen LogP contribution in [0.4, 0.5) is 0 Å². The summed E-state index contributed by atoms with van der Waals surface area (Å²) >= 11 is 0. The van der Waals surface area contributed by atoms with E-state index in [1.54, 1.807) is 6.07 Å². The van der Waals surface area contributed by atoms with Gasteiger partial charge in [0.2, 0.25) is 5.91 Å². The third-order valence-electron chi connectivity index (χ3n) is 4.45. The van der Waals surface area contributed by atoms with Crippen LogP contribution < -0.4 is 5.56 Å². The number of amides is 1. The molecule has 1 amide bonds. The molecule has 120 valence electrons. The van der Waals surface area contributed by atoms with Crippen molar-refractivity contribution in [3.8, 4) is 12.3 Å². The number of rotatable bonds is 6. The number of hydrogen-bond donors (Lipinski definition) is 1. The standard InChI is InChI=1S/C16H19N5O2/c1-2-3-8-16(19-20-16)9-6-15(23)21-10-7-12(11-21)13-4-5-14(22)18-17-13/h1,4-5,12H,3,6-11H2,(H,18,22). The average molecular weight is 313 g/mol. The van der Waals surface area contributed by atoms with Crippen LogP contribution in [-0.2, 0) is 4.79 Å². The molecule has 0 aromatic carbocycles. The molecule has 1 aromatic heterocycles. The first kappa shape index (κ1) is 15.4. The Balaban J connectivity index is 1.49. The second-order valence-corrected chi connectivity index (χ2v) is 6.06. The molecule has 1 N–H and O–H groups in total. The third-order valence-corrected chi connectivity index (χ3v) is 4.45. The van der Waals surface area contributed by atoms with Gasteiger partial charge in [-0.05, 0) is 12.5 Å². The van der Waals surface area contributed by atoms with E-state index < -0.39 is 5.66 Å². The van der Waals surface area contributed by atoms with Crippen LogP contribution in [-0.4, -0.2) is 39.8 Å². The van der Waals surface area contributed by atoms with Crippen molar-refractivity contribution in [2.75, 3.05) is 13.1 Å². The third kappa shape index (κ3) is 3.65. The highest BCUT2D eigenvalue weighted by molar-refractivity contribution is 5.76. The first-order valence-corrected chi connectivity index (χ1v) is 7.83. The molecule has 1 fully saturated rings. The number of aromatic amines is 1. The van der Waals surface area contributed by atoms with Crippen LogP contribution in [0.2, 0.25) is 0 Å². The fourth-order valence-electron chi connectivity index (χ4n) is 2.94. The molecule has 1 aromatic rings. The number of likely N-dealkylation sites (tertiary alicyclic amines) is 1. The number of nitrogens with zero attached hydrogens (tertiary/aromatic N) is 4. The summed E-state index contributed by atoms with van der Waals surface area (Å²) in [5, 5.41) is 14.6. The maximum atomic E-state index is 12.3. The van der Waals surface area contributed by atoms with E-state index >= 15 is 0 Å². The maximum absolute atomic E-state index is 12.3. The van der Waals surface area contributed by atoms with Crippen LogP contribution in [0.25, 0.3) is 0 Å². The topological polar surface area (TPSA) is 90.8 Å². The maximum Gasteiger partial charge on any atom is 0.264 e. The summed E-state index contributed by atoms with van der Waals surface area (Å²) < 4.78 is 0. The zero-order valence-electron chi connectivity index (χ0n) is 12.9. The lowest BCUT2D eigenvalue weighted by atomic mass is 10.0. The van der Waals surface area contributed by atoms with E-state index in [9.17, 15) is 9.59 Å². The van der Waals surface area contributed by atoms with Crippen molar-refractivity contribution in [3.63, 3.8) is 0 Å². The van der Waals surface area contributed by atoms with Gasteiger partial charge in [-0.25, -0.2) is 5.10 Å². The molecule has 7 nitrogen and oxygen atoms in total. The Morgan fingerprint density at radius 2 is 2.26 bits per heavy atom. The minimum Gasteiger partial charge on any atom is -0.342 e. The second kappa shape index (κ2) is 6.32. The van der Waals surface area contributed by atoms with Gasteiger partial charge >= 0.3 is 0 Å². The average Bonchev–Trinajstić information content (AvgIpc) is 3.16. The Labute approximate surface area is 134 Å². The zero-order valence-corrected chi connectivity index (χ0v) is 12.9. The van der Waals surface area contributed by atoms with Crippen LogP contribution in [0.1, 0.15) is 43.7 Å². The first-order valence-electron chi connectivity index (χ1n) is 7.83. The highest BCUT2D eigenvalue weighted by Crippen LogP contribution is 2.38. The van der Waals surface area contributed by atoms with E-state index in [1.807, 2.05) is 4.90 Å². The Morgan fingerprint density at radius 3 is 2.91 bits per heavy atom. The van der Waals surface area contributed by atoms with Gasteiger partial charge in [0.25, 0.3) is 5.56 Å². The summed E-state index contributed by atoms with van der Waals surface area (Å²) in [6.07, 6.45) is 8.54. The molecule has 2 aliphatic rings. The first-order chi connectivity index (χ1) is 11.1. The minimum atomic E-state index is -0.401. The molecule has 3 rings (SSSR count). The highest BCUT2D eigenvalue weighted by atomic mass is 16.2. The smallest absolute Gasteiger partial charge is 0.264 e. The predicted octanol–water partition coefficient (Wildman–Crippen LogP) is 1.44. The second-order valence-electron chi connectivity index (χ2n) is 6.06. The van der Waals surface area contributed by atoms with Crippen molar-refractivity contribution in [2.45, 2.75) is 43.7 Å². The number of carbonyl (C=O) groups is 1. The van der Waals surface area contributed by atoms with Gasteiger partial charge in [0.1, 0.15) is 0 Å². The van der Waals surface area contributed by atoms with Gasteiger partial charge in [0.15, 0.2) is 5.66 Å². The van der Waals surface area contributed by atoms with Crippen molar-refractivity contribution in [3.05, 3.63) is 28.2 Å². The van der Waals surface area contributed by atoms with Gasteiger partial charge in [-0.2, -0.15) is 15.3 Å². The lowest BCUT2D eigenvalue weighted by Crippen LogP contribution is -2.29. The molecule has 3 heterocycles. The molecule has 0 aliphatic carbocycles. The fourth-order valence-corrected chi connectivity index (χ4v) is 2.94. The molecule has 1 atom stereocenters. The molecule has 0 spiro atoms. The molecular formula is C16H19N5O2. The molecule has 1 unspecified atom stereocenters. The molecular weight excluding hydrogens is 294 g/mol. The fraction of sp³-hybridized carbons (Fsp3) is 0.562. The van der Waals surface area contributed by atoms with E-state index in [0.717, 1.165) is 25.1 Å². The summed E-state index contributed by atoms with van der Waals surface area (Å²) in [6.45, 7) is 1.36. The molecule has 0 saturated carbocycles. The Kier molecular flexibility index (Phi) is 4.24. The van der Waals surface area contributed by atoms with Crippen molar-refractivity contribution in [1.29, 1.82) is 0 Å². The molecule has 7 heteroatoms. The normalized spacial score (nSPS) is 21.2. The van der Waals surface area contributed by atoms with Gasteiger partial charge < -0.3 is 4.90 Å². The Hall–Kier alpha value is -2.49. The van der Waals surface area contributed by atoms with Gasteiger partial charge in [0, 0.05) is 50.8 Å². The summed E-state index contributed by atoms with van der Waals surface area (Å²) in [7, 11) is 0. The summed E-state index contributed by atoms with van der Waals surface area (Å²) in [6, 6.07) is 3.20. The van der Waals surface area contributed by atoms with Gasteiger partial charge in [0.05, 0.1) is 5.69 Å². The van der Waals surface area contributed by atoms with Gasteiger partial charge in [-0.15, -0.1) is 12.3 Å². The van der Waals surface area contributed by atoms with Gasteiger partial charge in [-0.3, -0.25) is 9.59 Å². The number of nitrogens with one attached hydrogen (secondary N) is 1. The summed E-state index contributed by atoms with van der Waals surface area (Å²) in [4.78, 5) is 25.3. The molecule has 2 aliphatic heterocycles. The monoisotopic (exact) mass is 313 g/mol. The van der Waals surface area contributed by atoms with E-state index in [2.05, 4.69) is 26.3 Å². The lowest BCUT2D eigenvalue weighted by molar-refractivity contribution is -0.130. The lowest BCUT2D eigenvalue weighted by Gasteiger charge is -2.17. The van der Waals surface area contributed by atoms with Crippen molar-refractivity contribution in [1.82, 2.24) is 15.1 Å². The molecule has 0 bridgehead atoms. The molecule has 23 heavy (non-hydrogen) atoms. The van der Waals surface area contributed by atoms with E-state index in [1.165, 1.54) is 6.07 Å². The number of hydrogen-bond acceptors (Lipinski definition) is 5. The van der Waals surface area contributed by atoms with Crippen molar-refractivity contribution in [2.24, 2.45) is 10.2 Å². The number of H-pyrrole nitrogens is 1. The van der Waals surface area contributed by atoms with Gasteiger partial charge in [-0.1, -0.05) is 0 Å². The van der Waals surface area contributed by atoms with E-state index in [4.69, 9.17) is 6.42 Å². The number of terminal acetylenes is 1. The van der Waals surface area contributed by atoms with E-state index in [0.29, 0.717) is 25.8 Å². The summed E-state index contributed by atoms with van der Waals surface area (Å²) in [5.41, 5.74) is 0.216. The van der Waals surface area contributed by atoms with Crippen LogP contribution in [0.15, 0.2) is 27.2 Å². The minimum absolute atomic E-state index is 0.120. The molecule has 1 saturated heterocycles. The summed E-state index contributed by atoms with van der Waals surface area (Å²) in [5.74, 6) is 2.89. The highest BCUT2D eigenvalue weighted by Gasteiger charge is 2.40. The van der Waals surface area contributed by atoms with Crippen LogP contribution in [0.3, 0.4) is 0 Å². The largest absolute Gasteiger partial charge is 0.342 e. The zero-order chi connectivity index (χ0) is 16.3. The number of carbonyl (C=O) groups excluding carboxylic acids is 1. The van der Waals surface area contributed by atoms with Crippen molar-refractivity contribution >= 4 is 5.91 Å². The van der Waals surface area contributed by atoms with Crippen LogP contribution in [0, 0.1) is 12.3 Å². The Morgan fingerprint density at radius 1 is 1.43 bits per heavy atom. The molecule has 0 radical (unpaired) electrons. The van der Waals surface area contributed by atoms with Crippen LogP contribution in [0.5, 0.6) is 0 Å².